The van der Waals surface area contributed by atoms with Crippen molar-refractivity contribution in [3.8, 4) is 0 Å². The van der Waals surface area contributed by atoms with E-state index in [0.717, 1.165) is 10.8 Å². The van der Waals surface area contributed by atoms with E-state index in [4.69, 9.17) is 13.3 Å². The first-order valence-electron chi connectivity index (χ1n) is 4.53. The van der Waals surface area contributed by atoms with Crippen molar-refractivity contribution < 1.29 is 13.3 Å². The van der Waals surface area contributed by atoms with Gasteiger partial charge < -0.3 is 13.3 Å². The number of hydrogen-bond donors (Lipinski definition) is 0. The maximum atomic E-state index is 5.35. The third-order valence-corrected chi connectivity index (χ3v) is 4.74. The topological polar surface area (TPSA) is 27.7 Å². The zero-order chi connectivity index (χ0) is 11.3. The van der Waals surface area contributed by atoms with Gasteiger partial charge in [0.2, 0.25) is 0 Å². The summed E-state index contributed by atoms with van der Waals surface area (Å²) in [6.45, 7) is 3.69. The van der Waals surface area contributed by atoms with E-state index in [1.807, 2.05) is 18.2 Å². The minimum Gasteiger partial charge on any atom is -0.373 e. The molecule has 0 bridgehead atoms. The third kappa shape index (κ3) is 2.35. The predicted octanol–water partition coefficient (Wildman–Crippen LogP) is 1.21. The van der Waals surface area contributed by atoms with Gasteiger partial charge in [0.05, 0.1) is 0 Å². The second-order valence-electron chi connectivity index (χ2n) is 2.89. The highest BCUT2D eigenvalue weighted by molar-refractivity contribution is 6.75. The summed E-state index contributed by atoms with van der Waals surface area (Å²) in [6.07, 6.45) is 1.73. The van der Waals surface area contributed by atoms with Crippen molar-refractivity contribution in [2.24, 2.45) is 0 Å². The molecule has 1 aromatic rings. The van der Waals surface area contributed by atoms with Crippen LogP contribution < -0.4 is 5.19 Å². The molecule has 0 spiro atoms. The van der Waals surface area contributed by atoms with Crippen LogP contribution in [0.3, 0.4) is 0 Å². The Morgan fingerprint density at radius 3 is 2.27 bits per heavy atom. The molecule has 3 nitrogen and oxygen atoms in total. The van der Waals surface area contributed by atoms with E-state index in [9.17, 15) is 0 Å². The predicted molar refractivity (Wildman–Crippen MR) is 61.8 cm³/mol. The minimum atomic E-state index is -2.74. The van der Waals surface area contributed by atoms with E-state index < -0.39 is 8.80 Å². The first-order valence-corrected chi connectivity index (χ1v) is 6.25. The van der Waals surface area contributed by atoms with E-state index in [0.29, 0.717) is 0 Å². The molecule has 15 heavy (non-hydrogen) atoms. The van der Waals surface area contributed by atoms with Crippen LogP contribution in [0.2, 0.25) is 0 Å². The molecule has 0 fully saturated rings. The Morgan fingerprint density at radius 1 is 1.20 bits per heavy atom. The molecule has 0 saturated heterocycles. The van der Waals surface area contributed by atoms with E-state index in [-0.39, 0.29) is 0 Å². The SMILES string of the molecule is C=Cc1[c]c([Si](OC)(OC)OC)ccc1. The summed E-state index contributed by atoms with van der Waals surface area (Å²) >= 11 is 0. The van der Waals surface area contributed by atoms with E-state index in [1.54, 1.807) is 27.4 Å². The van der Waals surface area contributed by atoms with Crippen LogP contribution in [0.25, 0.3) is 6.08 Å². The lowest BCUT2D eigenvalue weighted by Crippen LogP contribution is -2.54. The average molecular weight is 223 g/mol. The molecule has 1 rings (SSSR count). The van der Waals surface area contributed by atoms with E-state index in [2.05, 4.69) is 12.6 Å². The first kappa shape index (κ1) is 12.1. The van der Waals surface area contributed by atoms with Crippen LogP contribution in [0, 0.1) is 6.07 Å². The summed E-state index contributed by atoms with van der Waals surface area (Å²) in [7, 11) is 1.99. The van der Waals surface area contributed by atoms with Crippen molar-refractivity contribution in [3.63, 3.8) is 0 Å². The smallest absolute Gasteiger partial charge is 0.373 e. The highest BCUT2D eigenvalue weighted by atomic mass is 28.4. The average Bonchev–Trinajstić information content (AvgIpc) is 2.32. The Hall–Kier alpha value is -0.943. The maximum Gasteiger partial charge on any atom is 0.537 e. The third-order valence-electron chi connectivity index (χ3n) is 2.17. The molecule has 0 aliphatic heterocycles. The molecule has 0 aliphatic rings. The van der Waals surface area contributed by atoms with Gasteiger partial charge in [0.25, 0.3) is 0 Å². The van der Waals surface area contributed by atoms with Gasteiger partial charge in [0.1, 0.15) is 0 Å². The second kappa shape index (κ2) is 5.23. The zero-order valence-corrected chi connectivity index (χ0v) is 10.2. The summed E-state index contributed by atoms with van der Waals surface area (Å²) in [5, 5.41) is 0.812. The van der Waals surface area contributed by atoms with Crippen molar-refractivity contribution in [3.05, 3.63) is 36.4 Å². The fourth-order valence-electron chi connectivity index (χ4n) is 1.36. The van der Waals surface area contributed by atoms with Crippen LogP contribution in [-0.2, 0) is 13.3 Å². The first-order chi connectivity index (χ1) is 7.22. The normalized spacial score (nSPS) is 11.4. The molecule has 0 amide bonds. The molecular formula is C11H15O3Si. The number of rotatable bonds is 5. The largest absolute Gasteiger partial charge is 0.537 e. The van der Waals surface area contributed by atoms with Crippen LogP contribution in [-0.4, -0.2) is 30.1 Å². The lowest BCUT2D eigenvalue weighted by Gasteiger charge is -2.24. The highest BCUT2D eigenvalue weighted by Gasteiger charge is 2.40. The summed E-state index contributed by atoms with van der Waals surface area (Å²) in [4.78, 5) is 0. The van der Waals surface area contributed by atoms with Gasteiger partial charge in [-0.3, -0.25) is 0 Å². The summed E-state index contributed by atoms with van der Waals surface area (Å²) < 4.78 is 16.1. The molecule has 0 N–H and O–H groups in total. The molecule has 1 aromatic carbocycles. The lowest BCUT2D eigenvalue weighted by molar-refractivity contribution is 0.140. The van der Waals surface area contributed by atoms with Crippen molar-refractivity contribution in [1.29, 1.82) is 0 Å². The number of hydrogen-bond acceptors (Lipinski definition) is 3. The van der Waals surface area contributed by atoms with Gasteiger partial charge in [-0.05, 0) is 11.6 Å². The fourth-order valence-corrected chi connectivity index (χ4v) is 3.12. The molecule has 0 aromatic heterocycles. The lowest BCUT2D eigenvalue weighted by atomic mass is 10.2. The van der Waals surface area contributed by atoms with Crippen LogP contribution in [0.4, 0.5) is 0 Å². The van der Waals surface area contributed by atoms with E-state index in [1.165, 1.54) is 0 Å². The summed E-state index contributed by atoms with van der Waals surface area (Å²) in [6, 6.07) is 8.86. The van der Waals surface area contributed by atoms with Crippen molar-refractivity contribution in [2.45, 2.75) is 0 Å². The highest BCUT2D eigenvalue weighted by Crippen LogP contribution is 2.08. The minimum absolute atomic E-state index is 0.812. The van der Waals surface area contributed by atoms with Gasteiger partial charge in [0.15, 0.2) is 0 Å². The molecule has 0 unspecified atom stereocenters. The van der Waals surface area contributed by atoms with Crippen LogP contribution >= 0.6 is 0 Å². The van der Waals surface area contributed by atoms with Gasteiger partial charge in [-0.1, -0.05) is 30.9 Å². The standard InChI is InChI=1S/C11H15O3Si/c1-5-10-7-6-8-11(9-10)15(12-2,13-3)14-4/h5-8H,1H2,2-4H3. The van der Waals surface area contributed by atoms with Crippen LogP contribution in [0.5, 0.6) is 0 Å². The van der Waals surface area contributed by atoms with Gasteiger partial charge in [0, 0.05) is 26.5 Å². The van der Waals surface area contributed by atoms with Crippen LogP contribution in [0.1, 0.15) is 5.56 Å². The van der Waals surface area contributed by atoms with Gasteiger partial charge in [-0.15, -0.1) is 0 Å². The van der Waals surface area contributed by atoms with Gasteiger partial charge >= 0.3 is 8.80 Å². The van der Waals surface area contributed by atoms with Crippen molar-refractivity contribution >= 4 is 20.1 Å². The molecule has 0 aliphatic carbocycles. The van der Waals surface area contributed by atoms with Gasteiger partial charge in [-0.25, -0.2) is 0 Å². The van der Waals surface area contributed by atoms with Gasteiger partial charge in [-0.2, -0.15) is 0 Å². The Kier molecular flexibility index (Phi) is 4.23. The molecule has 4 heteroatoms. The summed E-state index contributed by atoms with van der Waals surface area (Å²) in [5.41, 5.74) is 0.899. The Balaban J connectivity index is 3.16. The number of benzene rings is 1. The Labute approximate surface area is 91.7 Å². The monoisotopic (exact) mass is 223 g/mol. The summed E-state index contributed by atoms with van der Waals surface area (Å²) in [5.74, 6) is 0. The molecule has 0 saturated carbocycles. The second-order valence-corrected chi connectivity index (χ2v) is 5.77. The van der Waals surface area contributed by atoms with Crippen molar-refractivity contribution in [1.82, 2.24) is 0 Å². The Morgan fingerprint density at radius 2 is 1.80 bits per heavy atom. The quantitative estimate of drug-likeness (QED) is 0.702. The zero-order valence-electron chi connectivity index (χ0n) is 9.24. The maximum absolute atomic E-state index is 5.35. The molecule has 0 heterocycles. The molecule has 0 atom stereocenters. The Bertz CT molecular complexity index is 326. The van der Waals surface area contributed by atoms with Crippen LogP contribution in [0.15, 0.2) is 24.8 Å². The molecular weight excluding hydrogens is 208 g/mol. The van der Waals surface area contributed by atoms with E-state index >= 15 is 0 Å². The van der Waals surface area contributed by atoms with Crippen molar-refractivity contribution in [2.75, 3.05) is 21.3 Å². The fraction of sp³-hybridized carbons (Fsp3) is 0.273. The molecule has 81 valence electrons. The molecule has 1 radical (unpaired) electrons.